The van der Waals surface area contributed by atoms with E-state index >= 15 is 0 Å². The van der Waals surface area contributed by atoms with E-state index in [0.717, 1.165) is 18.7 Å². The molecule has 1 aliphatic rings. The van der Waals surface area contributed by atoms with Crippen molar-refractivity contribution in [3.63, 3.8) is 0 Å². The molecule has 0 saturated carbocycles. The maximum absolute atomic E-state index is 11.6. The molecule has 1 aromatic carbocycles. The molecule has 1 heterocycles. The second-order valence-corrected chi connectivity index (χ2v) is 4.85. The lowest BCUT2D eigenvalue weighted by Gasteiger charge is -2.24. The van der Waals surface area contributed by atoms with Crippen molar-refractivity contribution in [2.24, 2.45) is 11.7 Å². The Morgan fingerprint density at radius 2 is 2.32 bits per heavy atom. The molecule has 1 aliphatic heterocycles. The minimum absolute atomic E-state index is 0.113. The summed E-state index contributed by atoms with van der Waals surface area (Å²) in [6.07, 6.45) is 0.610. The highest BCUT2D eigenvalue weighted by Gasteiger charge is 2.23. The Kier molecular flexibility index (Phi) is 4.27. The number of fused-ring (bicyclic) bond motifs is 1. The fraction of sp³-hybridized carbons (Fsp3) is 0.500. The molecule has 1 aromatic rings. The first-order valence-corrected chi connectivity index (χ1v) is 6.69. The molecule has 0 bridgehead atoms. The van der Waals surface area contributed by atoms with Gasteiger partial charge in [-0.15, -0.1) is 0 Å². The second-order valence-electron chi connectivity index (χ2n) is 4.85. The van der Waals surface area contributed by atoms with Gasteiger partial charge in [-0.05, 0) is 37.6 Å². The van der Waals surface area contributed by atoms with Gasteiger partial charge >= 0.3 is 0 Å². The average Bonchev–Trinajstić information content (AvgIpc) is 2.41. The van der Waals surface area contributed by atoms with E-state index in [9.17, 15) is 4.79 Å². The van der Waals surface area contributed by atoms with Crippen LogP contribution in [0.15, 0.2) is 18.2 Å². The molecule has 0 saturated heterocycles. The number of amides is 1. The molecule has 4 N–H and O–H groups in total. The number of carbonyl (C=O) groups is 1. The normalized spacial score (nSPS) is 19.1. The van der Waals surface area contributed by atoms with Gasteiger partial charge in [-0.25, -0.2) is 0 Å². The Hall–Kier alpha value is -1.75. The van der Waals surface area contributed by atoms with E-state index in [1.165, 1.54) is 0 Å². The molecule has 5 nitrogen and oxygen atoms in total. The molecule has 0 aliphatic carbocycles. The third-order valence-corrected chi connectivity index (χ3v) is 3.42. The predicted molar refractivity (Wildman–Crippen MR) is 76.5 cm³/mol. The standard InChI is InChI=1S/C14H21N3O2/c1-3-10(7-15)8-16-11-4-5-13-12(6-11)17-14(18)9(2)19-13/h4-6,9-10,16H,3,7-8,15H2,1-2H3,(H,17,18). The van der Waals surface area contributed by atoms with Crippen LogP contribution < -0.4 is 21.1 Å². The highest BCUT2D eigenvalue weighted by Crippen LogP contribution is 2.32. The van der Waals surface area contributed by atoms with Crippen LogP contribution in [-0.2, 0) is 4.79 Å². The van der Waals surface area contributed by atoms with Crippen molar-refractivity contribution < 1.29 is 9.53 Å². The molecule has 104 valence electrons. The number of hydrogen-bond donors (Lipinski definition) is 3. The summed E-state index contributed by atoms with van der Waals surface area (Å²) in [5.74, 6) is 1.06. The number of benzene rings is 1. The summed E-state index contributed by atoms with van der Waals surface area (Å²) in [6.45, 7) is 5.36. The van der Waals surface area contributed by atoms with Crippen LogP contribution in [0.3, 0.4) is 0 Å². The van der Waals surface area contributed by atoms with Gasteiger partial charge in [0.25, 0.3) is 5.91 Å². The van der Waals surface area contributed by atoms with Crippen molar-refractivity contribution in [3.8, 4) is 5.75 Å². The minimum Gasteiger partial charge on any atom is -0.479 e. The van der Waals surface area contributed by atoms with E-state index in [1.54, 1.807) is 6.92 Å². The highest BCUT2D eigenvalue weighted by atomic mass is 16.5. The van der Waals surface area contributed by atoms with E-state index < -0.39 is 6.10 Å². The summed E-state index contributed by atoms with van der Waals surface area (Å²) >= 11 is 0. The maximum Gasteiger partial charge on any atom is 0.265 e. The number of anilines is 2. The predicted octanol–water partition coefficient (Wildman–Crippen LogP) is 1.80. The van der Waals surface area contributed by atoms with Crippen molar-refractivity contribution in [3.05, 3.63) is 18.2 Å². The minimum atomic E-state index is -0.437. The Morgan fingerprint density at radius 3 is 3.00 bits per heavy atom. The van der Waals surface area contributed by atoms with Gasteiger partial charge in [0.1, 0.15) is 5.75 Å². The first kappa shape index (κ1) is 13.7. The number of carbonyl (C=O) groups excluding carboxylic acids is 1. The molecule has 0 radical (unpaired) electrons. The van der Waals surface area contributed by atoms with E-state index in [4.69, 9.17) is 10.5 Å². The molecular formula is C14H21N3O2. The molecule has 2 unspecified atom stereocenters. The fourth-order valence-corrected chi connectivity index (χ4v) is 1.98. The lowest BCUT2D eigenvalue weighted by Crippen LogP contribution is -2.34. The van der Waals surface area contributed by atoms with Gasteiger partial charge in [-0.1, -0.05) is 13.3 Å². The summed E-state index contributed by atoms with van der Waals surface area (Å²) in [7, 11) is 0. The van der Waals surface area contributed by atoms with Gasteiger partial charge in [-0.2, -0.15) is 0 Å². The average molecular weight is 263 g/mol. The van der Waals surface area contributed by atoms with E-state index in [0.29, 0.717) is 23.9 Å². The van der Waals surface area contributed by atoms with Crippen LogP contribution in [-0.4, -0.2) is 25.1 Å². The Labute approximate surface area is 113 Å². The van der Waals surface area contributed by atoms with Crippen LogP contribution >= 0.6 is 0 Å². The number of rotatable bonds is 5. The molecule has 5 heteroatoms. The zero-order valence-corrected chi connectivity index (χ0v) is 11.4. The Morgan fingerprint density at radius 1 is 1.53 bits per heavy atom. The molecule has 1 amide bonds. The first-order chi connectivity index (χ1) is 9.13. The zero-order chi connectivity index (χ0) is 13.8. The summed E-state index contributed by atoms with van der Waals surface area (Å²) < 4.78 is 5.51. The van der Waals surface area contributed by atoms with E-state index in [-0.39, 0.29) is 5.91 Å². The first-order valence-electron chi connectivity index (χ1n) is 6.69. The SMILES string of the molecule is CCC(CN)CNc1ccc2c(c1)NC(=O)C(C)O2. The zero-order valence-electron chi connectivity index (χ0n) is 11.4. The van der Waals surface area contributed by atoms with Gasteiger partial charge < -0.3 is 21.1 Å². The van der Waals surface area contributed by atoms with Crippen LogP contribution in [0.25, 0.3) is 0 Å². The Bertz CT molecular complexity index is 458. The molecular weight excluding hydrogens is 242 g/mol. The topological polar surface area (TPSA) is 76.4 Å². The summed E-state index contributed by atoms with van der Waals surface area (Å²) in [5.41, 5.74) is 7.35. The van der Waals surface area contributed by atoms with Crippen LogP contribution in [0.2, 0.25) is 0 Å². The Balaban J connectivity index is 2.05. The number of ether oxygens (including phenoxy) is 1. The van der Waals surface area contributed by atoms with E-state index in [1.807, 2.05) is 18.2 Å². The lowest BCUT2D eigenvalue weighted by atomic mass is 10.1. The summed E-state index contributed by atoms with van der Waals surface area (Å²) in [4.78, 5) is 11.6. The van der Waals surface area contributed by atoms with Crippen molar-refractivity contribution in [2.45, 2.75) is 26.4 Å². The van der Waals surface area contributed by atoms with Gasteiger partial charge in [-0.3, -0.25) is 4.79 Å². The fourth-order valence-electron chi connectivity index (χ4n) is 1.98. The van der Waals surface area contributed by atoms with Crippen LogP contribution in [0, 0.1) is 5.92 Å². The number of nitrogens with one attached hydrogen (secondary N) is 2. The number of hydrogen-bond acceptors (Lipinski definition) is 4. The van der Waals surface area contributed by atoms with Gasteiger partial charge in [0.05, 0.1) is 5.69 Å². The van der Waals surface area contributed by atoms with Crippen molar-refractivity contribution in [1.29, 1.82) is 0 Å². The van der Waals surface area contributed by atoms with Crippen molar-refractivity contribution in [2.75, 3.05) is 23.7 Å². The molecule has 0 spiro atoms. The van der Waals surface area contributed by atoms with Crippen LogP contribution in [0.4, 0.5) is 11.4 Å². The molecule has 2 rings (SSSR count). The third kappa shape index (κ3) is 3.17. The van der Waals surface area contributed by atoms with E-state index in [2.05, 4.69) is 17.6 Å². The van der Waals surface area contributed by atoms with Gasteiger partial charge in [0.15, 0.2) is 6.10 Å². The monoisotopic (exact) mass is 263 g/mol. The third-order valence-electron chi connectivity index (χ3n) is 3.42. The van der Waals surface area contributed by atoms with Crippen molar-refractivity contribution in [1.82, 2.24) is 0 Å². The largest absolute Gasteiger partial charge is 0.479 e. The van der Waals surface area contributed by atoms with Crippen LogP contribution in [0.1, 0.15) is 20.3 Å². The lowest BCUT2D eigenvalue weighted by molar-refractivity contribution is -0.122. The summed E-state index contributed by atoms with van der Waals surface area (Å²) in [5, 5.41) is 6.17. The smallest absolute Gasteiger partial charge is 0.265 e. The van der Waals surface area contributed by atoms with Gasteiger partial charge in [0, 0.05) is 12.2 Å². The maximum atomic E-state index is 11.6. The quantitative estimate of drug-likeness (QED) is 0.757. The highest BCUT2D eigenvalue weighted by molar-refractivity contribution is 5.98. The van der Waals surface area contributed by atoms with Crippen molar-refractivity contribution >= 4 is 17.3 Å². The molecule has 0 aromatic heterocycles. The number of nitrogens with two attached hydrogens (primary N) is 1. The molecule has 19 heavy (non-hydrogen) atoms. The molecule has 0 fully saturated rings. The second kappa shape index (κ2) is 5.93. The van der Waals surface area contributed by atoms with Gasteiger partial charge in [0.2, 0.25) is 0 Å². The molecule has 2 atom stereocenters. The summed E-state index contributed by atoms with van der Waals surface area (Å²) in [6, 6.07) is 5.71. The van der Waals surface area contributed by atoms with Crippen LogP contribution in [0.5, 0.6) is 5.75 Å².